The second kappa shape index (κ2) is 6.16. The van der Waals surface area contributed by atoms with Crippen LogP contribution in [0.4, 0.5) is 0 Å². The molecule has 0 unspecified atom stereocenters. The highest BCUT2D eigenvalue weighted by atomic mass is 32.1. The lowest BCUT2D eigenvalue weighted by Gasteiger charge is -2.36. The molecule has 126 valence electrons. The van der Waals surface area contributed by atoms with Crippen molar-refractivity contribution < 1.29 is 10.2 Å². The molecule has 0 radical (unpaired) electrons. The van der Waals surface area contributed by atoms with E-state index in [-0.39, 0.29) is 18.0 Å². The Morgan fingerprint density at radius 1 is 1.21 bits per heavy atom. The molecular weight excluding hydrogens is 324 g/mol. The van der Waals surface area contributed by atoms with E-state index in [2.05, 4.69) is 46.2 Å². The number of hydrogen-bond donors (Lipinski definition) is 2. The van der Waals surface area contributed by atoms with Crippen LogP contribution in [0.3, 0.4) is 0 Å². The van der Waals surface area contributed by atoms with Gasteiger partial charge in [-0.3, -0.25) is 4.90 Å². The SMILES string of the molecule is Cc1ccc([C@H](c2sc3ncnn3c2O)N2CCC(O)CC2)cc1. The minimum Gasteiger partial charge on any atom is -0.492 e. The summed E-state index contributed by atoms with van der Waals surface area (Å²) in [4.78, 5) is 8.07. The number of thiazole rings is 1. The van der Waals surface area contributed by atoms with Gasteiger partial charge in [0.2, 0.25) is 10.8 Å². The highest BCUT2D eigenvalue weighted by Crippen LogP contribution is 2.40. The molecule has 2 aromatic heterocycles. The first-order chi connectivity index (χ1) is 11.6. The lowest BCUT2D eigenvalue weighted by atomic mass is 9.98. The van der Waals surface area contributed by atoms with Gasteiger partial charge in [-0.15, -0.1) is 0 Å². The summed E-state index contributed by atoms with van der Waals surface area (Å²) in [6, 6.07) is 8.36. The fourth-order valence-electron chi connectivity index (χ4n) is 3.29. The van der Waals surface area contributed by atoms with Crippen molar-refractivity contribution in [1.82, 2.24) is 19.5 Å². The zero-order valence-electron chi connectivity index (χ0n) is 13.5. The molecule has 0 spiro atoms. The van der Waals surface area contributed by atoms with E-state index < -0.39 is 0 Å². The van der Waals surface area contributed by atoms with Gasteiger partial charge in [-0.1, -0.05) is 41.2 Å². The lowest BCUT2D eigenvalue weighted by Crippen LogP contribution is -2.38. The molecule has 0 amide bonds. The molecule has 0 bridgehead atoms. The maximum absolute atomic E-state index is 10.6. The van der Waals surface area contributed by atoms with Crippen LogP contribution in [0.5, 0.6) is 5.88 Å². The molecule has 1 aliphatic heterocycles. The second-order valence-corrected chi connectivity index (χ2v) is 7.33. The molecule has 7 heteroatoms. The maximum Gasteiger partial charge on any atom is 0.230 e. The Morgan fingerprint density at radius 3 is 2.58 bits per heavy atom. The molecule has 1 saturated heterocycles. The number of rotatable bonds is 3. The van der Waals surface area contributed by atoms with Gasteiger partial charge in [-0.25, -0.2) is 4.98 Å². The number of aliphatic hydroxyl groups is 1. The summed E-state index contributed by atoms with van der Waals surface area (Å²) in [5, 5.41) is 24.6. The number of aromatic hydroxyl groups is 1. The summed E-state index contributed by atoms with van der Waals surface area (Å²) < 4.78 is 1.49. The van der Waals surface area contributed by atoms with Crippen molar-refractivity contribution in [2.24, 2.45) is 0 Å². The van der Waals surface area contributed by atoms with Gasteiger partial charge in [0.05, 0.1) is 17.0 Å². The van der Waals surface area contributed by atoms with E-state index in [1.165, 1.54) is 27.7 Å². The van der Waals surface area contributed by atoms with Crippen molar-refractivity contribution in [3.63, 3.8) is 0 Å². The number of piperidine rings is 1. The Bertz CT molecular complexity index is 834. The first kappa shape index (κ1) is 15.6. The lowest BCUT2D eigenvalue weighted by molar-refractivity contribution is 0.0689. The van der Waals surface area contributed by atoms with E-state index in [9.17, 15) is 10.2 Å². The Morgan fingerprint density at radius 2 is 1.92 bits per heavy atom. The number of aromatic nitrogens is 3. The van der Waals surface area contributed by atoms with Gasteiger partial charge < -0.3 is 10.2 Å². The number of aliphatic hydroxyl groups excluding tert-OH is 1. The average molecular weight is 344 g/mol. The summed E-state index contributed by atoms with van der Waals surface area (Å²) >= 11 is 1.47. The molecule has 1 atom stereocenters. The van der Waals surface area contributed by atoms with Crippen LogP contribution in [0.2, 0.25) is 0 Å². The summed E-state index contributed by atoms with van der Waals surface area (Å²) in [6.45, 7) is 3.66. The normalized spacial score (nSPS) is 18.2. The van der Waals surface area contributed by atoms with Crippen LogP contribution in [0, 0.1) is 6.92 Å². The van der Waals surface area contributed by atoms with Crippen LogP contribution >= 0.6 is 11.3 Å². The Balaban J connectivity index is 1.78. The van der Waals surface area contributed by atoms with Crippen LogP contribution in [0.1, 0.15) is 34.9 Å². The Labute approximate surface area is 144 Å². The third-order valence-electron chi connectivity index (χ3n) is 4.64. The van der Waals surface area contributed by atoms with Crippen LogP contribution in [-0.2, 0) is 0 Å². The van der Waals surface area contributed by atoms with Gasteiger partial charge >= 0.3 is 0 Å². The van der Waals surface area contributed by atoms with Crippen LogP contribution in [0.25, 0.3) is 4.96 Å². The number of aryl methyl sites for hydroxylation is 1. The third-order valence-corrected chi connectivity index (χ3v) is 5.73. The molecule has 1 aliphatic rings. The van der Waals surface area contributed by atoms with E-state index in [1.54, 1.807) is 0 Å². The number of hydrogen-bond acceptors (Lipinski definition) is 6. The minimum atomic E-state index is -0.226. The van der Waals surface area contributed by atoms with Crippen LogP contribution < -0.4 is 0 Å². The minimum absolute atomic E-state index is 0.0494. The summed E-state index contributed by atoms with van der Waals surface area (Å²) in [7, 11) is 0. The summed E-state index contributed by atoms with van der Waals surface area (Å²) in [6.07, 6.45) is 2.73. The topological polar surface area (TPSA) is 73.9 Å². The fourth-order valence-corrected chi connectivity index (χ4v) is 4.38. The van der Waals surface area contributed by atoms with Gasteiger partial charge in [0.25, 0.3) is 0 Å². The van der Waals surface area contributed by atoms with E-state index in [4.69, 9.17) is 0 Å². The number of nitrogens with zero attached hydrogens (tertiary/aromatic N) is 4. The zero-order valence-corrected chi connectivity index (χ0v) is 14.3. The van der Waals surface area contributed by atoms with Crippen LogP contribution in [-0.4, -0.2) is 48.9 Å². The fraction of sp³-hybridized carbons (Fsp3) is 0.412. The number of likely N-dealkylation sites (tertiary alicyclic amines) is 1. The molecule has 0 aliphatic carbocycles. The van der Waals surface area contributed by atoms with Crippen molar-refractivity contribution in [1.29, 1.82) is 0 Å². The second-order valence-electron chi connectivity index (χ2n) is 6.32. The van der Waals surface area contributed by atoms with E-state index in [0.29, 0.717) is 4.96 Å². The van der Waals surface area contributed by atoms with E-state index in [0.717, 1.165) is 36.4 Å². The van der Waals surface area contributed by atoms with Gasteiger partial charge in [-0.2, -0.15) is 9.61 Å². The van der Waals surface area contributed by atoms with Crippen LogP contribution in [0.15, 0.2) is 30.6 Å². The molecule has 24 heavy (non-hydrogen) atoms. The summed E-state index contributed by atoms with van der Waals surface area (Å²) in [5.41, 5.74) is 2.34. The van der Waals surface area contributed by atoms with E-state index >= 15 is 0 Å². The molecule has 3 aromatic rings. The molecule has 3 heterocycles. The van der Waals surface area contributed by atoms with Gasteiger partial charge in [0.15, 0.2) is 0 Å². The highest BCUT2D eigenvalue weighted by Gasteiger charge is 2.31. The Hall–Kier alpha value is -1.96. The van der Waals surface area contributed by atoms with Crippen molar-refractivity contribution in [2.45, 2.75) is 31.9 Å². The molecule has 0 saturated carbocycles. The molecule has 1 fully saturated rings. The standard InChI is InChI=1S/C17H20N4O2S/c1-11-2-4-12(5-3-11)14(20-8-6-13(22)7-9-20)15-16(23)21-17(24-15)18-10-19-21/h2-5,10,13-14,22-23H,6-9H2,1H3/t14-/m1/s1. The Kier molecular flexibility index (Phi) is 3.99. The molecule has 6 nitrogen and oxygen atoms in total. The molecular formula is C17H20N4O2S. The maximum atomic E-state index is 10.6. The van der Waals surface area contributed by atoms with Gasteiger partial charge in [-0.05, 0) is 25.3 Å². The quantitative estimate of drug-likeness (QED) is 0.763. The largest absolute Gasteiger partial charge is 0.492 e. The number of fused-ring (bicyclic) bond motifs is 1. The van der Waals surface area contributed by atoms with Crippen molar-refractivity contribution in [3.8, 4) is 5.88 Å². The molecule has 1 aromatic carbocycles. The average Bonchev–Trinajstić information content (AvgIpc) is 3.15. The first-order valence-corrected chi connectivity index (χ1v) is 8.95. The number of benzene rings is 1. The van der Waals surface area contributed by atoms with Crippen molar-refractivity contribution in [2.75, 3.05) is 13.1 Å². The first-order valence-electron chi connectivity index (χ1n) is 8.13. The van der Waals surface area contributed by atoms with Crippen molar-refractivity contribution in [3.05, 3.63) is 46.6 Å². The molecule has 4 rings (SSSR count). The van der Waals surface area contributed by atoms with Crippen molar-refractivity contribution >= 4 is 16.3 Å². The smallest absolute Gasteiger partial charge is 0.230 e. The van der Waals surface area contributed by atoms with Gasteiger partial charge in [0.1, 0.15) is 6.33 Å². The van der Waals surface area contributed by atoms with Gasteiger partial charge in [0, 0.05) is 13.1 Å². The monoisotopic (exact) mass is 344 g/mol. The predicted octanol–water partition coefficient (Wildman–Crippen LogP) is 2.35. The highest BCUT2D eigenvalue weighted by molar-refractivity contribution is 7.17. The third kappa shape index (κ3) is 2.68. The predicted molar refractivity (Wildman–Crippen MR) is 92.4 cm³/mol. The van der Waals surface area contributed by atoms with E-state index in [1.807, 2.05) is 0 Å². The zero-order chi connectivity index (χ0) is 16.7. The molecule has 2 N–H and O–H groups in total. The summed E-state index contributed by atoms with van der Waals surface area (Å²) in [5.74, 6) is 0.157.